The first-order valence-corrected chi connectivity index (χ1v) is 7.95. The predicted octanol–water partition coefficient (Wildman–Crippen LogP) is 1.29. The van der Waals surface area contributed by atoms with E-state index in [0.29, 0.717) is 32.1 Å². The second-order valence-corrected chi connectivity index (χ2v) is 5.79. The van der Waals surface area contributed by atoms with Gasteiger partial charge in [-0.25, -0.2) is 9.78 Å². The molecule has 0 bridgehead atoms. The quantitative estimate of drug-likeness (QED) is 0.755. The van der Waals surface area contributed by atoms with Crippen molar-refractivity contribution < 1.29 is 9.53 Å². The third-order valence-electron chi connectivity index (χ3n) is 4.00. The number of pyridine rings is 2. The Bertz CT molecular complexity index is 918. The van der Waals surface area contributed by atoms with Crippen molar-refractivity contribution in [1.29, 1.82) is 0 Å². The van der Waals surface area contributed by atoms with Gasteiger partial charge in [0.1, 0.15) is 11.5 Å². The van der Waals surface area contributed by atoms with Crippen LogP contribution in [0.1, 0.15) is 0 Å². The molecule has 1 aliphatic rings. The molecule has 3 aromatic rings. The van der Waals surface area contributed by atoms with E-state index in [-0.39, 0.29) is 6.03 Å². The van der Waals surface area contributed by atoms with Gasteiger partial charge in [-0.2, -0.15) is 0 Å². The first-order chi connectivity index (χ1) is 12.2. The summed E-state index contributed by atoms with van der Waals surface area (Å²) in [5.41, 5.74) is 2.35. The van der Waals surface area contributed by atoms with Crippen molar-refractivity contribution >= 4 is 22.8 Å². The molecule has 0 unspecified atom stereocenters. The number of hydrogen-bond donors (Lipinski definition) is 1. The number of urea groups is 1. The average Bonchev–Trinajstić information content (AvgIpc) is 3.08. The number of ether oxygens (including phenoxy) is 1. The molecule has 25 heavy (non-hydrogen) atoms. The van der Waals surface area contributed by atoms with E-state index in [4.69, 9.17) is 4.74 Å². The molecular formula is C16H17N7O2. The number of carbonyl (C=O) groups excluding carboxylic acids is 1. The highest BCUT2D eigenvalue weighted by Gasteiger charge is 2.17. The molecule has 0 saturated carbocycles. The number of carbonyl (C=O) groups is 1. The Morgan fingerprint density at radius 2 is 2.04 bits per heavy atom. The summed E-state index contributed by atoms with van der Waals surface area (Å²) in [6.07, 6.45) is 5.20. The van der Waals surface area contributed by atoms with E-state index in [1.807, 2.05) is 19.3 Å². The normalized spacial score (nSPS) is 14.7. The number of fused-ring (bicyclic) bond motifs is 1. The SMILES string of the molecule is Cn1cc(-c2cnc3cnc(NC(=O)N4CCOCC4)cc3c2)nn1. The van der Waals surface area contributed by atoms with E-state index < -0.39 is 0 Å². The molecule has 0 aromatic carbocycles. The number of anilines is 1. The van der Waals surface area contributed by atoms with Gasteiger partial charge in [0, 0.05) is 37.3 Å². The van der Waals surface area contributed by atoms with Gasteiger partial charge in [0.05, 0.1) is 31.1 Å². The lowest BCUT2D eigenvalue weighted by molar-refractivity contribution is 0.0564. The molecule has 1 N–H and O–H groups in total. The van der Waals surface area contributed by atoms with Crippen LogP contribution < -0.4 is 5.32 Å². The van der Waals surface area contributed by atoms with Crippen molar-refractivity contribution in [2.24, 2.45) is 7.05 Å². The minimum absolute atomic E-state index is 0.173. The Balaban J connectivity index is 1.59. The molecular weight excluding hydrogens is 322 g/mol. The zero-order chi connectivity index (χ0) is 17.2. The Morgan fingerprint density at radius 3 is 2.80 bits per heavy atom. The average molecular weight is 339 g/mol. The summed E-state index contributed by atoms with van der Waals surface area (Å²) in [5.74, 6) is 0.488. The maximum atomic E-state index is 12.3. The van der Waals surface area contributed by atoms with E-state index in [2.05, 4.69) is 25.6 Å². The molecule has 0 atom stereocenters. The van der Waals surface area contributed by atoms with Gasteiger partial charge in [-0.15, -0.1) is 5.10 Å². The van der Waals surface area contributed by atoms with Gasteiger partial charge in [-0.3, -0.25) is 15.0 Å². The standard InChI is InChI=1S/C16H17N7O2/c1-22-10-14(20-21-22)12-6-11-7-15(18-9-13(11)17-8-12)19-16(24)23-2-4-25-5-3-23/h6-10H,2-5H2,1H3,(H,18,19,24). The molecule has 9 heteroatoms. The first-order valence-electron chi connectivity index (χ1n) is 7.95. The van der Waals surface area contributed by atoms with Crippen LogP contribution in [0.5, 0.6) is 0 Å². The fourth-order valence-electron chi connectivity index (χ4n) is 2.67. The minimum Gasteiger partial charge on any atom is -0.378 e. The number of aromatic nitrogens is 5. The van der Waals surface area contributed by atoms with E-state index in [1.54, 1.807) is 28.0 Å². The monoisotopic (exact) mass is 339 g/mol. The Morgan fingerprint density at radius 1 is 1.20 bits per heavy atom. The molecule has 3 aromatic heterocycles. The summed E-state index contributed by atoms with van der Waals surface area (Å²) < 4.78 is 6.90. The van der Waals surface area contributed by atoms with Gasteiger partial charge in [0.15, 0.2) is 0 Å². The summed E-state index contributed by atoms with van der Waals surface area (Å²) in [6, 6.07) is 3.59. The fourth-order valence-corrected chi connectivity index (χ4v) is 2.67. The lowest BCUT2D eigenvalue weighted by atomic mass is 10.1. The van der Waals surface area contributed by atoms with Gasteiger partial charge in [0.25, 0.3) is 0 Å². The molecule has 0 radical (unpaired) electrons. The maximum absolute atomic E-state index is 12.3. The lowest BCUT2D eigenvalue weighted by Crippen LogP contribution is -2.43. The smallest absolute Gasteiger partial charge is 0.323 e. The second kappa shape index (κ2) is 6.44. The topological polar surface area (TPSA) is 98.1 Å². The summed E-state index contributed by atoms with van der Waals surface area (Å²) >= 11 is 0. The molecule has 9 nitrogen and oxygen atoms in total. The van der Waals surface area contributed by atoms with Crippen LogP contribution in [0, 0.1) is 0 Å². The number of morpholine rings is 1. The third kappa shape index (κ3) is 3.26. The Labute approximate surface area is 143 Å². The third-order valence-corrected chi connectivity index (χ3v) is 4.00. The van der Waals surface area contributed by atoms with E-state index in [9.17, 15) is 4.79 Å². The van der Waals surface area contributed by atoms with Crippen LogP contribution in [-0.4, -0.2) is 62.2 Å². The predicted molar refractivity (Wildman–Crippen MR) is 90.9 cm³/mol. The summed E-state index contributed by atoms with van der Waals surface area (Å²) in [5, 5.41) is 11.7. The molecule has 0 spiro atoms. The van der Waals surface area contributed by atoms with Crippen molar-refractivity contribution in [3.8, 4) is 11.3 Å². The fraction of sp³-hybridized carbons (Fsp3) is 0.312. The summed E-state index contributed by atoms with van der Waals surface area (Å²) in [7, 11) is 1.81. The van der Waals surface area contributed by atoms with Gasteiger partial charge < -0.3 is 9.64 Å². The van der Waals surface area contributed by atoms with Crippen LogP contribution in [0.4, 0.5) is 10.6 Å². The van der Waals surface area contributed by atoms with E-state index in [1.165, 1.54) is 0 Å². The van der Waals surface area contributed by atoms with Crippen LogP contribution in [0.2, 0.25) is 0 Å². The largest absolute Gasteiger partial charge is 0.378 e. The zero-order valence-electron chi connectivity index (χ0n) is 13.7. The minimum atomic E-state index is -0.173. The van der Waals surface area contributed by atoms with Crippen LogP contribution in [0.3, 0.4) is 0 Å². The van der Waals surface area contributed by atoms with Crippen molar-refractivity contribution in [3.05, 3.63) is 30.7 Å². The Kier molecular flexibility index (Phi) is 3.98. The highest BCUT2D eigenvalue weighted by molar-refractivity contribution is 5.91. The van der Waals surface area contributed by atoms with E-state index in [0.717, 1.165) is 22.2 Å². The summed E-state index contributed by atoms with van der Waals surface area (Å²) in [6.45, 7) is 2.28. The first kappa shape index (κ1) is 15.5. The van der Waals surface area contributed by atoms with Crippen LogP contribution in [-0.2, 0) is 11.8 Å². The van der Waals surface area contributed by atoms with Gasteiger partial charge in [-0.05, 0) is 12.1 Å². The summed E-state index contributed by atoms with van der Waals surface area (Å²) in [4.78, 5) is 22.7. The number of aryl methyl sites for hydroxylation is 1. The zero-order valence-corrected chi connectivity index (χ0v) is 13.7. The molecule has 2 amide bonds. The number of nitrogens with one attached hydrogen (secondary N) is 1. The van der Waals surface area contributed by atoms with Crippen molar-refractivity contribution in [1.82, 2.24) is 29.9 Å². The highest BCUT2D eigenvalue weighted by Crippen LogP contribution is 2.22. The molecule has 128 valence electrons. The van der Waals surface area contributed by atoms with Crippen molar-refractivity contribution in [3.63, 3.8) is 0 Å². The maximum Gasteiger partial charge on any atom is 0.323 e. The molecule has 4 heterocycles. The van der Waals surface area contributed by atoms with E-state index >= 15 is 0 Å². The van der Waals surface area contributed by atoms with Gasteiger partial charge >= 0.3 is 6.03 Å². The van der Waals surface area contributed by atoms with Gasteiger partial charge in [-0.1, -0.05) is 5.21 Å². The number of hydrogen-bond acceptors (Lipinski definition) is 6. The van der Waals surface area contributed by atoms with Crippen LogP contribution in [0.15, 0.2) is 30.7 Å². The molecule has 4 rings (SSSR count). The van der Waals surface area contributed by atoms with Gasteiger partial charge in [0.2, 0.25) is 0 Å². The lowest BCUT2D eigenvalue weighted by Gasteiger charge is -2.26. The molecule has 1 saturated heterocycles. The van der Waals surface area contributed by atoms with Crippen molar-refractivity contribution in [2.75, 3.05) is 31.6 Å². The van der Waals surface area contributed by atoms with Crippen LogP contribution >= 0.6 is 0 Å². The molecule has 1 aliphatic heterocycles. The molecule has 1 fully saturated rings. The van der Waals surface area contributed by atoms with Crippen LogP contribution in [0.25, 0.3) is 22.2 Å². The Hall–Kier alpha value is -3.07. The molecule has 0 aliphatic carbocycles. The number of amides is 2. The number of rotatable bonds is 2. The van der Waals surface area contributed by atoms with Crippen molar-refractivity contribution in [2.45, 2.75) is 0 Å². The highest BCUT2D eigenvalue weighted by atomic mass is 16.5. The number of nitrogens with zero attached hydrogens (tertiary/aromatic N) is 6. The second-order valence-electron chi connectivity index (χ2n) is 5.79.